The van der Waals surface area contributed by atoms with Crippen molar-refractivity contribution in [1.82, 2.24) is 19.2 Å². The minimum Gasteiger partial charge on any atom is -0.295 e. The molecule has 0 aliphatic rings. The predicted octanol–water partition coefficient (Wildman–Crippen LogP) is 4.35. The van der Waals surface area contributed by atoms with E-state index in [9.17, 15) is 14.0 Å². The first-order chi connectivity index (χ1) is 14.9. The Morgan fingerprint density at radius 1 is 1.00 bits per heavy atom. The second kappa shape index (κ2) is 6.98. The second-order valence-corrected chi connectivity index (χ2v) is 7.35. The highest BCUT2D eigenvalue weighted by Crippen LogP contribution is 2.28. The molecule has 0 saturated heterocycles. The van der Waals surface area contributed by atoms with Crippen molar-refractivity contribution in [1.29, 1.82) is 0 Å². The van der Waals surface area contributed by atoms with Crippen molar-refractivity contribution in [3.8, 4) is 16.8 Å². The summed E-state index contributed by atoms with van der Waals surface area (Å²) in [5, 5.41) is 5.00. The van der Waals surface area contributed by atoms with Crippen molar-refractivity contribution < 1.29 is 9.18 Å². The Kier molecular flexibility index (Phi) is 4.25. The molecule has 0 spiro atoms. The normalized spacial score (nSPS) is 11.3. The Labute approximate surface area is 176 Å². The van der Waals surface area contributed by atoms with Crippen LogP contribution in [-0.2, 0) is 0 Å². The number of halogens is 1. The molecule has 3 aromatic heterocycles. The summed E-state index contributed by atoms with van der Waals surface area (Å²) >= 11 is 0. The molecule has 0 bridgehead atoms. The molecule has 0 amide bonds. The first kappa shape index (κ1) is 18.9. The Bertz CT molecular complexity index is 1530. The van der Waals surface area contributed by atoms with Crippen LogP contribution >= 0.6 is 0 Å². The van der Waals surface area contributed by atoms with Gasteiger partial charge in [-0.25, -0.2) is 13.9 Å². The van der Waals surface area contributed by atoms with E-state index in [0.717, 1.165) is 16.8 Å². The molecule has 152 valence electrons. The molecule has 0 aliphatic heterocycles. The number of fused-ring (bicyclic) bond motifs is 3. The lowest BCUT2D eigenvalue weighted by Gasteiger charge is -2.09. The Morgan fingerprint density at radius 2 is 1.71 bits per heavy atom. The van der Waals surface area contributed by atoms with Crippen LogP contribution in [0.1, 0.15) is 23.0 Å². The molecule has 0 saturated carbocycles. The lowest BCUT2D eigenvalue weighted by atomic mass is 10.1. The third-order valence-electron chi connectivity index (χ3n) is 5.37. The first-order valence-electron chi connectivity index (χ1n) is 9.71. The van der Waals surface area contributed by atoms with Crippen LogP contribution in [0.3, 0.4) is 0 Å². The van der Waals surface area contributed by atoms with Gasteiger partial charge < -0.3 is 0 Å². The third kappa shape index (κ3) is 3.02. The number of benzene rings is 2. The van der Waals surface area contributed by atoms with E-state index in [0.29, 0.717) is 27.8 Å². The van der Waals surface area contributed by atoms with Crippen molar-refractivity contribution in [3.63, 3.8) is 0 Å². The zero-order valence-electron chi connectivity index (χ0n) is 16.8. The number of ketones is 1. The molecule has 3 heterocycles. The zero-order valence-corrected chi connectivity index (χ0v) is 16.8. The lowest BCUT2D eigenvalue weighted by Crippen LogP contribution is -2.19. The summed E-state index contributed by atoms with van der Waals surface area (Å²) in [5.41, 5.74) is 4.56. The molecule has 0 unspecified atom stereocenters. The molecule has 2 aromatic carbocycles. The summed E-state index contributed by atoms with van der Waals surface area (Å²) < 4.78 is 16.5. The van der Waals surface area contributed by atoms with Gasteiger partial charge in [0.05, 0.1) is 16.6 Å². The predicted molar refractivity (Wildman–Crippen MR) is 116 cm³/mol. The van der Waals surface area contributed by atoms with Crippen molar-refractivity contribution in [2.45, 2.75) is 13.8 Å². The van der Waals surface area contributed by atoms with Crippen molar-refractivity contribution in [2.24, 2.45) is 0 Å². The largest absolute Gasteiger partial charge is 0.295 e. The number of carbonyl (C=O) groups excluding carboxylic acids is 1. The van der Waals surface area contributed by atoms with Gasteiger partial charge in [0.1, 0.15) is 5.82 Å². The van der Waals surface area contributed by atoms with Gasteiger partial charge in [-0.05, 0) is 61.9 Å². The van der Waals surface area contributed by atoms with Crippen molar-refractivity contribution in [2.75, 3.05) is 0 Å². The molecule has 31 heavy (non-hydrogen) atoms. The van der Waals surface area contributed by atoms with Gasteiger partial charge in [0.2, 0.25) is 0 Å². The van der Waals surface area contributed by atoms with E-state index in [1.807, 2.05) is 13.0 Å². The molecule has 0 radical (unpaired) electrons. The van der Waals surface area contributed by atoms with E-state index < -0.39 is 0 Å². The number of rotatable bonds is 3. The van der Waals surface area contributed by atoms with Crippen LogP contribution in [0, 0.1) is 12.7 Å². The summed E-state index contributed by atoms with van der Waals surface area (Å²) in [6, 6.07) is 14.8. The highest BCUT2D eigenvalue weighted by atomic mass is 19.1. The Balaban J connectivity index is 1.69. The van der Waals surface area contributed by atoms with Crippen LogP contribution in [0.15, 0.2) is 71.8 Å². The van der Waals surface area contributed by atoms with Crippen LogP contribution < -0.4 is 5.56 Å². The molecule has 0 fully saturated rings. The number of carbonyl (C=O) groups is 1. The zero-order chi connectivity index (χ0) is 21.7. The quantitative estimate of drug-likeness (QED) is 0.413. The summed E-state index contributed by atoms with van der Waals surface area (Å²) in [6.45, 7) is 3.36. The summed E-state index contributed by atoms with van der Waals surface area (Å²) in [5.74, 6) is -0.344. The van der Waals surface area contributed by atoms with Gasteiger partial charge in [-0.2, -0.15) is 5.10 Å². The average Bonchev–Trinajstić information content (AvgIpc) is 3.11. The molecule has 7 heteroatoms. The fraction of sp³-hybridized carbons (Fsp3) is 0.0833. The SMILES string of the molecule is CC(=O)c1ccc(-n2ccc3c(cnc4c(-c5ccc(F)cc5)c(C)nn43)c2=O)cc1. The van der Waals surface area contributed by atoms with E-state index in [1.54, 1.807) is 53.3 Å². The standard InChI is InChI=1S/C24H17FN4O2/c1-14-22(17-3-7-18(25)8-4-17)23-26-13-20-21(29(23)27-14)11-12-28(24(20)31)19-9-5-16(6-10-19)15(2)30/h3-13H,1-2H3. The van der Waals surface area contributed by atoms with Crippen LogP contribution in [-0.4, -0.2) is 24.9 Å². The monoisotopic (exact) mass is 412 g/mol. The number of pyridine rings is 1. The van der Waals surface area contributed by atoms with E-state index in [1.165, 1.54) is 23.6 Å². The minimum absolute atomic E-state index is 0.0324. The van der Waals surface area contributed by atoms with Crippen molar-refractivity contribution >= 4 is 22.3 Å². The molecule has 0 aliphatic carbocycles. The molecule has 0 N–H and O–H groups in total. The highest BCUT2D eigenvalue weighted by molar-refractivity contribution is 5.94. The smallest absolute Gasteiger partial charge is 0.266 e. The third-order valence-corrected chi connectivity index (χ3v) is 5.37. The maximum atomic E-state index is 13.3. The maximum absolute atomic E-state index is 13.3. The summed E-state index contributed by atoms with van der Waals surface area (Å²) in [4.78, 5) is 29.2. The lowest BCUT2D eigenvalue weighted by molar-refractivity contribution is 0.101. The Morgan fingerprint density at radius 3 is 2.39 bits per heavy atom. The molecule has 0 atom stereocenters. The molecular weight excluding hydrogens is 395 g/mol. The van der Waals surface area contributed by atoms with Crippen molar-refractivity contribution in [3.05, 3.63) is 94.4 Å². The van der Waals surface area contributed by atoms with E-state index in [2.05, 4.69) is 10.1 Å². The van der Waals surface area contributed by atoms with E-state index >= 15 is 0 Å². The van der Waals surface area contributed by atoms with Gasteiger partial charge in [0.25, 0.3) is 5.56 Å². The van der Waals surface area contributed by atoms with Crippen LogP contribution in [0.2, 0.25) is 0 Å². The second-order valence-electron chi connectivity index (χ2n) is 7.35. The molecule has 5 rings (SSSR count). The first-order valence-corrected chi connectivity index (χ1v) is 9.71. The number of hydrogen-bond donors (Lipinski definition) is 0. The van der Waals surface area contributed by atoms with Gasteiger partial charge in [0, 0.05) is 29.2 Å². The number of aryl methyl sites for hydroxylation is 1. The van der Waals surface area contributed by atoms with Crippen LogP contribution in [0.4, 0.5) is 4.39 Å². The number of hydrogen-bond acceptors (Lipinski definition) is 4. The molecule has 6 nitrogen and oxygen atoms in total. The van der Waals surface area contributed by atoms with E-state index in [4.69, 9.17) is 0 Å². The van der Waals surface area contributed by atoms with Crippen LogP contribution in [0.5, 0.6) is 0 Å². The van der Waals surface area contributed by atoms with Gasteiger partial charge >= 0.3 is 0 Å². The van der Waals surface area contributed by atoms with Gasteiger partial charge in [-0.15, -0.1) is 0 Å². The fourth-order valence-corrected chi connectivity index (χ4v) is 3.79. The minimum atomic E-state index is -0.312. The van der Waals surface area contributed by atoms with Crippen LogP contribution in [0.25, 0.3) is 33.4 Å². The Hall–Kier alpha value is -4.13. The van der Waals surface area contributed by atoms with Gasteiger partial charge in [-0.1, -0.05) is 12.1 Å². The topological polar surface area (TPSA) is 69.3 Å². The molecule has 5 aromatic rings. The maximum Gasteiger partial charge on any atom is 0.266 e. The fourth-order valence-electron chi connectivity index (χ4n) is 3.79. The number of nitrogens with zero attached hydrogens (tertiary/aromatic N) is 4. The van der Waals surface area contributed by atoms with Gasteiger partial charge in [-0.3, -0.25) is 14.2 Å². The van der Waals surface area contributed by atoms with E-state index in [-0.39, 0.29) is 17.2 Å². The average molecular weight is 412 g/mol. The highest BCUT2D eigenvalue weighted by Gasteiger charge is 2.16. The number of aromatic nitrogens is 4. The van der Waals surface area contributed by atoms with Gasteiger partial charge in [0.15, 0.2) is 11.4 Å². The summed E-state index contributed by atoms with van der Waals surface area (Å²) in [6.07, 6.45) is 3.23. The summed E-state index contributed by atoms with van der Waals surface area (Å²) in [7, 11) is 0. The number of Topliss-reactive ketones (excluding diaryl/α,β-unsaturated/α-hetero) is 1. The molecular formula is C24H17FN4O2.